The first kappa shape index (κ1) is 19.6. The van der Waals surface area contributed by atoms with E-state index < -0.39 is 0 Å². The minimum absolute atomic E-state index is 0.0702. The number of benzene rings is 1. The van der Waals surface area contributed by atoms with Gasteiger partial charge in [0.1, 0.15) is 0 Å². The first-order valence-electron chi connectivity index (χ1n) is 9.35. The van der Waals surface area contributed by atoms with Crippen molar-refractivity contribution in [1.82, 2.24) is 5.32 Å². The smallest absolute Gasteiger partial charge is 0.251 e. The van der Waals surface area contributed by atoms with Crippen molar-refractivity contribution in [3.8, 4) is 11.5 Å². The summed E-state index contributed by atoms with van der Waals surface area (Å²) >= 11 is 0. The predicted octanol–water partition coefficient (Wildman–Crippen LogP) is 3.81. The molecule has 0 spiro atoms. The minimum atomic E-state index is -0.0702. The van der Waals surface area contributed by atoms with Crippen molar-refractivity contribution >= 4 is 5.91 Å². The third kappa shape index (κ3) is 5.92. The van der Waals surface area contributed by atoms with Crippen molar-refractivity contribution in [2.75, 3.05) is 19.8 Å². The summed E-state index contributed by atoms with van der Waals surface area (Å²) in [6, 6.07) is 5.50. The Labute approximate surface area is 151 Å². The van der Waals surface area contributed by atoms with Crippen LogP contribution in [0.2, 0.25) is 0 Å². The Morgan fingerprint density at radius 1 is 1.24 bits per heavy atom. The standard InChI is InChI=1S/C20H31NO4/c1-5-23-18-8-7-15(12-19(18)24-6-2)20(22)21-16-9-10-25-17(13-16)11-14(3)4/h7-8,12,14,16-17H,5-6,9-11,13H2,1-4H3,(H,21,22)/t16-,17-/m0/s1. The highest BCUT2D eigenvalue weighted by atomic mass is 16.5. The van der Waals surface area contributed by atoms with Crippen LogP contribution in [0.3, 0.4) is 0 Å². The van der Waals surface area contributed by atoms with Crippen LogP contribution in [0.15, 0.2) is 18.2 Å². The summed E-state index contributed by atoms with van der Waals surface area (Å²) in [5, 5.41) is 3.14. The molecule has 140 valence electrons. The van der Waals surface area contributed by atoms with E-state index in [1.54, 1.807) is 18.2 Å². The molecule has 0 saturated carbocycles. The lowest BCUT2D eigenvalue weighted by Gasteiger charge is -2.31. The van der Waals surface area contributed by atoms with Gasteiger partial charge in [-0.05, 0) is 57.2 Å². The summed E-state index contributed by atoms with van der Waals surface area (Å²) in [4.78, 5) is 12.6. The van der Waals surface area contributed by atoms with Crippen LogP contribution in [-0.2, 0) is 4.74 Å². The number of carbonyl (C=O) groups is 1. The van der Waals surface area contributed by atoms with E-state index in [0.717, 1.165) is 19.3 Å². The van der Waals surface area contributed by atoms with Crippen molar-refractivity contribution in [3.05, 3.63) is 23.8 Å². The Morgan fingerprint density at radius 3 is 2.64 bits per heavy atom. The van der Waals surface area contributed by atoms with E-state index in [4.69, 9.17) is 14.2 Å². The molecule has 2 atom stereocenters. The van der Waals surface area contributed by atoms with Crippen LogP contribution in [0.25, 0.3) is 0 Å². The Hall–Kier alpha value is -1.75. The molecule has 1 amide bonds. The van der Waals surface area contributed by atoms with Crippen LogP contribution >= 0.6 is 0 Å². The molecule has 0 radical (unpaired) electrons. The molecule has 0 aromatic heterocycles. The molecule has 1 N–H and O–H groups in total. The molecule has 1 aliphatic rings. The van der Waals surface area contributed by atoms with Crippen LogP contribution < -0.4 is 14.8 Å². The first-order valence-corrected chi connectivity index (χ1v) is 9.35. The van der Waals surface area contributed by atoms with Gasteiger partial charge in [-0.3, -0.25) is 4.79 Å². The van der Waals surface area contributed by atoms with Gasteiger partial charge in [-0.1, -0.05) is 13.8 Å². The van der Waals surface area contributed by atoms with E-state index in [1.807, 2.05) is 13.8 Å². The molecule has 0 bridgehead atoms. The van der Waals surface area contributed by atoms with Gasteiger partial charge in [-0.25, -0.2) is 0 Å². The maximum Gasteiger partial charge on any atom is 0.251 e. The van der Waals surface area contributed by atoms with Crippen LogP contribution in [0, 0.1) is 5.92 Å². The van der Waals surface area contributed by atoms with Crippen molar-refractivity contribution in [2.45, 2.75) is 59.1 Å². The molecule has 1 saturated heterocycles. The first-order chi connectivity index (χ1) is 12.0. The second-order valence-corrected chi connectivity index (χ2v) is 6.84. The van der Waals surface area contributed by atoms with E-state index in [2.05, 4.69) is 19.2 Å². The second kappa shape index (κ2) is 9.66. The molecule has 25 heavy (non-hydrogen) atoms. The fourth-order valence-electron chi connectivity index (χ4n) is 3.16. The summed E-state index contributed by atoms with van der Waals surface area (Å²) in [6.45, 7) is 10.0. The summed E-state index contributed by atoms with van der Waals surface area (Å²) < 4.78 is 17.0. The van der Waals surface area contributed by atoms with Crippen molar-refractivity contribution in [1.29, 1.82) is 0 Å². The van der Waals surface area contributed by atoms with Gasteiger partial charge < -0.3 is 19.5 Å². The highest BCUT2D eigenvalue weighted by Gasteiger charge is 2.25. The van der Waals surface area contributed by atoms with Gasteiger partial charge in [-0.15, -0.1) is 0 Å². The van der Waals surface area contributed by atoms with E-state index >= 15 is 0 Å². The van der Waals surface area contributed by atoms with Gasteiger partial charge >= 0.3 is 0 Å². The largest absolute Gasteiger partial charge is 0.490 e. The lowest BCUT2D eigenvalue weighted by atomic mass is 9.96. The molecule has 1 fully saturated rings. The minimum Gasteiger partial charge on any atom is -0.490 e. The van der Waals surface area contributed by atoms with Crippen LogP contribution in [0.1, 0.15) is 57.3 Å². The Morgan fingerprint density at radius 2 is 1.96 bits per heavy atom. The number of carbonyl (C=O) groups excluding carboxylic acids is 1. The van der Waals surface area contributed by atoms with Crippen LogP contribution in [-0.4, -0.2) is 37.9 Å². The number of hydrogen-bond donors (Lipinski definition) is 1. The number of amides is 1. The lowest BCUT2D eigenvalue weighted by Crippen LogP contribution is -2.42. The molecule has 0 unspecified atom stereocenters. The molecule has 5 heteroatoms. The monoisotopic (exact) mass is 349 g/mol. The van der Waals surface area contributed by atoms with E-state index in [0.29, 0.717) is 42.8 Å². The fraction of sp³-hybridized carbons (Fsp3) is 0.650. The molecule has 0 aliphatic carbocycles. The molecule has 1 aromatic rings. The van der Waals surface area contributed by atoms with Crippen molar-refractivity contribution in [2.24, 2.45) is 5.92 Å². The van der Waals surface area contributed by atoms with E-state index in [9.17, 15) is 4.79 Å². The maximum absolute atomic E-state index is 12.6. The van der Waals surface area contributed by atoms with Gasteiger partial charge in [0.05, 0.1) is 19.3 Å². The van der Waals surface area contributed by atoms with E-state index in [1.165, 1.54) is 0 Å². The molecular formula is C20H31NO4. The fourth-order valence-corrected chi connectivity index (χ4v) is 3.16. The summed E-state index contributed by atoms with van der Waals surface area (Å²) in [6.07, 6.45) is 3.00. The van der Waals surface area contributed by atoms with Gasteiger partial charge in [0.2, 0.25) is 0 Å². The van der Waals surface area contributed by atoms with Gasteiger partial charge in [0, 0.05) is 18.2 Å². The maximum atomic E-state index is 12.6. The zero-order chi connectivity index (χ0) is 18.2. The normalized spacial score (nSPS) is 20.4. The second-order valence-electron chi connectivity index (χ2n) is 6.84. The molecular weight excluding hydrogens is 318 g/mol. The van der Waals surface area contributed by atoms with E-state index in [-0.39, 0.29) is 18.1 Å². The zero-order valence-corrected chi connectivity index (χ0v) is 15.8. The topological polar surface area (TPSA) is 56.8 Å². The highest BCUT2D eigenvalue weighted by Crippen LogP contribution is 2.29. The van der Waals surface area contributed by atoms with Crippen LogP contribution in [0.5, 0.6) is 11.5 Å². The van der Waals surface area contributed by atoms with Gasteiger partial charge in [-0.2, -0.15) is 0 Å². The summed E-state index contributed by atoms with van der Waals surface area (Å²) in [5.41, 5.74) is 0.596. The molecule has 5 nitrogen and oxygen atoms in total. The molecule has 1 aliphatic heterocycles. The Balaban J connectivity index is 2.01. The average molecular weight is 349 g/mol. The molecule has 1 heterocycles. The number of ether oxygens (including phenoxy) is 3. The third-order valence-corrected chi connectivity index (χ3v) is 4.24. The summed E-state index contributed by atoms with van der Waals surface area (Å²) in [7, 11) is 0. The van der Waals surface area contributed by atoms with Gasteiger partial charge in [0.25, 0.3) is 5.91 Å². The molecule has 1 aromatic carbocycles. The Bertz CT molecular complexity index is 559. The van der Waals surface area contributed by atoms with Crippen molar-refractivity contribution in [3.63, 3.8) is 0 Å². The number of nitrogens with one attached hydrogen (secondary N) is 1. The average Bonchev–Trinajstić information content (AvgIpc) is 2.56. The third-order valence-electron chi connectivity index (χ3n) is 4.24. The van der Waals surface area contributed by atoms with Gasteiger partial charge in [0.15, 0.2) is 11.5 Å². The lowest BCUT2D eigenvalue weighted by molar-refractivity contribution is -0.00846. The zero-order valence-electron chi connectivity index (χ0n) is 15.8. The quantitative estimate of drug-likeness (QED) is 0.775. The molecule has 2 rings (SSSR count). The number of hydrogen-bond acceptors (Lipinski definition) is 4. The van der Waals surface area contributed by atoms with Crippen LogP contribution in [0.4, 0.5) is 0 Å². The van der Waals surface area contributed by atoms with Crippen molar-refractivity contribution < 1.29 is 19.0 Å². The predicted molar refractivity (Wildman–Crippen MR) is 98.5 cm³/mol. The number of rotatable bonds is 8. The SMILES string of the molecule is CCOc1ccc(C(=O)N[C@H]2CCO[C@@H](CC(C)C)C2)cc1OCC. The summed E-state index contributed by atoms with van der Waals surface area (Å²) in [5.74, 6) is 1.81. The highest BCUT2D eigenvalue weighted by molar-refractivity contribution is 5.95. The Kier molecular flexibility index (Phi) is 7.56.